The largest absolute Gasteiger partial charge is 0.383 e. The van der Waals surface area contributed by atoms with Gasteiger partial charge in [-0.1, -0.05) is 31.4 Å². The molecule has 23 heavy (non-hydrogen) atoms. The summed E-state index contributed by atoms with van der Waals surface area (Å²) in [5.41, 5.74) is 1.62. The lowest BCUT2D eigenvalue weighted by Crippen LogP contribution is -2.31. The predicted molar refractivity (Wildman–Crippen MR) is 89.1 cm³/mol. The average molecular weight is 318 g/mol. The van der Waals surface area contributed by atoms with Crippen LogP contribution in [0.15, 0.2) is 24.3 Å². The molecular formula is C18H26N2O3. The van der Waals surface area contributed by atoms with Gasteiger partial charge in [0.15, 0.2) is 0 Å². The molecule has 0 aromatic heterocycles. The first-order chi connectivity index (χ1) is 11.2. The summed E-state index contributed by atoms with van der Waals surface area (Å²) in [6.45, 7) is 1.51. The van der Waals surface area contributed by atoms with E-state index < -0.39 is 0 Å². The van der Waals surface area contributed by atoms with Gasteiger partial charge < -0.3 is 15.4 Å². The second kappa shape index (κ2) is 9.30. The molecule has 5 nitrogen and oxygen atoms in total. The van der Waals surface area contributed by atoms with Gasteiger partial charge >= 0.3 is 0 Å². The lowest BCUT2D eigenvalue weighted by atomic mass is 9.88. The number of hydrogen-bond acceptors (Lipinski definition) is 3. The molecule has 2 N–H and O–H groups in total. The number of methoxy groups -OCH3 is 1. The first-order valence-corrected chi connectivity index (χ1v) is 8.34. The molecule has 0 spiro atoms. The second-order valence-electron chi connectivity index (χ2n) is 6.00. The first-order valence-electron chi connectivity index (χ1n) is 8.34. The zero-order valence-electron chi connectivity index (χ0n) is 13.8. The van der Waals surface area contributed by atoms with Crippen molar-refractivity contribution in [2.24, 2.45) is 5.92 Å². The Morgan fingerprint density at radius 2 is 1.78 bits per heavy atom. The van der Waals surface area contributed by atoms with E-state index in [0.717, 1.165) is 31.2 Å². The van der Waals surface area contributed by atoms with Crippen molar-refractivity contribution in [1.82, 2.24) is 10.6 Å². The van der Waals surface area contributed by atoms with Gasteiger partial charge in [0.2, 0.25) is 5.91 Å². The van der Waals surface area contributed by atoms with Crippen molar-refractivity contribution < 1.29 is 14.3 Å². The minimum absolute atomic E-state index is 0.111. The van der Waals surface area contributed by atoms with Crippen LogP contribution in [0.25, 0.3) is 0 Å². The summed E-state index contributed by atoms with van der Waals surface area (Å²) < 4.78 is 4.90. The molecule has 0 bridgehead atoms. The Bertz CT molecular complexity index is 508. The van der Waals surface area contributed by atoms with Crippen molar-refractivity contribution in [2.75, 3.05) is 20.3 Å². The van der Waals surface area contributed by atoms with Crippen LogP contribution in [-0.4, -0.2) is 32.1 Å². The second-order valence-corrected chi connectivity index (χ2v) is 6.00. The minimum atomic E-state index is -0.111. The van der Waals surface area contributed by atoms with E-state index in [9.17, 15) is 9.59 Å². The molecule has 1 aliphatic carbocycles. The van der Waals surface area contributed by atoms with E-state index in [1.807, 2.05) is 12.1 Å². The molecule has 5 heteroatoms. The van der Waals surface area contributed by atoms with Gasteiger partial charge in [0.1, 0.15) is 0 Å². The molecule has 0 aliphatic heterocycles. The molecule has 126 valence electrons. The predicted octanol–water partition coefficient (Wildman–Crippen LogP) is 2.26. The first kappa shape index (κ1) is 17.5. The molecule has 1 saturated carbocycles. The zero-order chi connectivity index (χ0) is 16.5. The van der Waals surface area contributed by atoms with Gasteiger partial charge in [-0.25, -0.2) is 0 Å². The summed E-state index contributed by atoms with van der Waals surface area (Å²) in [5, 5.41) is 5.78. The monoisotopic (exact) mass is 318 g/mol. The molecule has 0 saturated heterocycles. The number of benzene rings is 1. The van der Waals surface area contributed by atoms with Gasteiger partial charge in [0.05, 0.1) is 6.61 Å². The fourth-order valence-corrected chi connectivity index (χ4v) is 2.84. The van der Waals surface area contributed by atoms with Gasteiger partial charge in [-0.3, -0.25) is 9.59 Å². The van der Waals surface area contributed by atoms with Crippen molar-refractivity contribution in [1.29, 1.82) is 0 Å². The highest BCUT2D eigenvalue weighted by Gasteiger charge is 2.20. The van der Waals surface area contributed by atoms with Crippen LogP contribution in [0.3, 0.4) is 0 Å². The quantitative estimate of drug-likeness (QED) is 0.758. The van der Waals surface area contributed by atoms with Crippen LogP contribution in [0.2, 0.25) is 0 Å². The minimum Gasteiger partial charge on any atom is -0.383 e. The summed E-state index contributed by atoms with van der Waals surface area (Å²) in [4.78, 5) is 24.0. The molecule has 0 radical (unpaired) electrons. The molecule has 2 amide bonds. The third-order valence-corrected chi connectivity index (χ3v) is 4.25. The van der Waals surface area contributed by atoms with Crippen LogP contribution in [0.5, 0.6) is 0 Å². The maximum Gasteiger partial charge on any atom is 0.251 e. The highest BCUT2D eigenvalue weighted by atomic mass is 16.5. The Morgan fingerprint density at radius 1 is 1.09 bits per heavy atom. The third-order valence-electron chi connectivity index (χ3n) is 4.25. The fourth-order valence-electron chi connectivity index (χ4n) is 2.84. The highest BCUT2D eigenvalue weighted by molar-refractivity contribution is 5.94. The maximum atomic E-state index is 12.1. The van der Waals surface area contributed by atoms with Crippen LogP contribution in [0.4, 0.5) is 0 Å². The molecule has 1 aromatic carbocycles. The summed E-state index contributed by atoms with van der Waals surface area (Å²) in [7, 11) is 1.60. The van der Waals surface area contributed by atoms with E-state index >= 15 is 0 Å². The Hall–Kier alpha value is -1.88. The number of hydrogen-bond donors (Lipinski definition) is 2. The van der Waals surface area contributed by atoms with Crippen LogP contribution in [-0.2, 0) is 16.1 Å². The van der Waals surface area contributed by atoms with Gasteiger partial charge in [-0.2, -0.15) is 0 Å². The smallest absolute Gasteiger partial charge is 0.251 e. The molecule has 1 aliphatic rings. The van der Waals surface area contributed by atoms with Gasteiger partial charge in [0.25, 0.3) is 5.91 Å². The SMILES string of the molecule is COCCNC(=O)c1ccc(CNC(=O)C2CCCCC2)cc1. The van der Waals surface area contributed by atoms with Gasteiger partial charge in [-0.15, -0.1) is 0 Å². The Morgan fingerprint density at radius 3 is 2.43 bits per heavy atom. The van der Waals surface area contributed by atoms with E-state index in [2.05, 4.69) is 10.6 Å². The third kappa shape index (κ3) is 5.67. The standard InChI is InChI=1S/C18H26N2O3/c1-23-12-11-19-17(21)16-9-7-14(8-10-16)13-20-18(22)15-5-3-2-4-6-15/h7-10,15H,2-6,11-13H2,1H3,(H,19,21)(H,20,22). The lowest BCUT2D eigenvalue weighted by molar-refractivity contribution is -0.126. The Labute approximate surface area is 137 Å². The van der Waals surface area contributed by atoms with Crippen LogP contribution < -0.4 is 10.6 Å². The number of amides is 2. The molecule has 0 heterocycles. The summed E-state index contributed by atoms with van der Waals surface area (Å²) in [5.74, 6) is 0.223. The fraction of sp³-hybridized carbons (Fsp3) is 0.556. The Kier molecular flexibility index (Phi) is 7.07. The topological polar surface area (TPSA) is 67.4 Å². The van der Waals surface area contributed by atoms with Crippen molar-refractivity contribution >= 4 is 11.8 Å². The highest BCUT2D eigenvalue weighted by Crippen LogP contribution is 2.23. The van der Waals surface area contributed by atoms with Crippen molar-refractivity contribution in [3.63, 3.8) is 0 Å². The summed E-state index contributed by atoms with van der Waals surface area (Å²) in [6.07, 6.45) is 5.58. The maximum absolute atomic E-state index is 12.1. The molecule has 1 aromatic rings. The molecular weight excluding hydrogens is 292 g/mol. The number of carbonyl (C=O) groups is 2. The van der Waals surface area contributed by atoms with Crippen molar-refractivity contribution in [3.05, 3.63) is 35.4 Å². The van der Waals surface area contributed by atoms with E-state index in [1.165, 1.54) is 6.42 Å². The van der Waals surface area contributed by atoms with Crippen molar-refractivity contribution in [3.8, 4) is 0 Å². The Balaban J connectivity index is 1.78. The van der Waals surface area contributed by atoms with E-state index in [4.69, 9.17) is 4.74 Å². The number of ether oxygens (including phenoxy) is 1. The zero-order valence-corrected chi connectivity index (χ0v) is 13.8. The number of carbonyl (C=O) groups excluding carboxylic acids is 2. The lowest BCUT2D eigenvalue weighted by Gasteiger charge is -2.20. The molecule has 0 unspecified atom stereocenters. The van der Waals surface area contributed by atoms with E-state index in [-0.39, 0.29) is 17.7 Å². The number of rotatable bonds is 7. The van der Waals surface area contributed by atoms with Gasteiger partial charge in [0, 0.05) is 31.7 Å². The molecule has 1 fully saturated rings. The average Bonchev–Trinajstić information content (AvgIpc) is 2.61. The normalized spacial score (nSPS) is 15.2. The van der Waals surface area contributed by atoms with Crippen LogP contribution >= 0.6 is 0 Å². The van der Waals surface area contributed by atoms with Gasteiger partial charge in [-0.05, 0) is 30.5 Å². The van der Waals surface area contributed by atoms with E-state index in [0.29, 0.717) is 25.3 Å². The van der Waals surface area contributed by atoms with Crippen LogP contribution in [0, 0.1) is 5.92 Å². The molecule has 0 atom stereocenters. The molecule has 2 rings (SSSR count). The van der Waals surface area contributed by atoms with Crippen molar-refractivity contribution in [2.45, 2.75) is 38.6 Å². The van der Waals surface area contributed by atoms with Crippen LogP contribution in [0.1, 0.15) is 48.0 Å². The summed E-state index contributed by atoms with van der Waals surface area (Å²) >= 11 is 0. The van der Waals surface area contributed by atoms with E-state index in [1.54, 1.807) is 19.2 Å². The number of nitrogens with one attached hydrogen (secondary N) is 2. The summed E-state index contributed by atoms with van der Waals surface area (Å²) in [6, 6.07) is 7.33.